The van der Waals surface area contributed by atoms with Crippen LogP contribution >= 0.6 is 0 Å². The maximum atomic E-state index is 12.6. The lowest BCUT2D eigenvalue weighted by molar-refractivity contribution is 0.381. The van der Waals surface area contributed by atoms with Crippen LogP contribution in [0.1, 0.15) is 22.7 Å². The van der Waals surface area contributed by atoms with Crippen molar-refractivity contribution in [2.45, 2.75) is 31.7 Å². The Labute approximate surface area is 110 Å². The van der Waals surface area contributed by atoms with E-state index in [0.29, 0.717) is 31.0 Å². The fourth-order valence-corrected chi connectivity index (χ4v) is 4.08. The van der Waals surface area contributed by atoms with Crippen molar-refractivity contribution >= 4 is 10.0 Å². The minimum absolute atomic E-state index is 0.180. The van der Waals surface area contributed by atoms with Crippen molar-refractivity contribution in [2.75, 3.05) is 6.54 Å². The number of hydrogen-bond donors (Lipinski definition) is 1. The van der Waals surface area contributed by atoms with E-state index in [0.717, 1.165) is 11.3 Å². The van der Waals surface area contributed by atoms with Crippen LogP contribution in [-0.2, 0) is 23.0 Å². The fourth-order valence-electron chi connectivity index (χ4n) is 2.37. The Hall–Kier alpha value is -1.67. The summed E-state index contributed by atoms with van der Waals surface area (Å²) in [5, 5.41) is 10.5. The maximum Gasteiger partial charge on any atom is 0.248 e. The lowest BCUT2D eigenvalue weighted by Gasteiger charge is -2.25. The first-order chi connectivity index (χ1) is 9.00. The van der Waals surface area contributed by atoms with Gasteiger partial charge < -0.3 is 4.52 Å². The Bertz CT molecular complexity index is 697. The van der Waals surface area contributed by atoms with Crippen molar-refractivity contribution < 1.29 is 12.9 Å². The average Bonchev–Trinajstić information content (AvgIpc) is 2.95. The van der Waals surface area contributed by atoms with E-state index < -0.39 is 10.0 Å². The second kappa shape index (κ2) is 4.17. The van der Waals surface area contributed by atoms with Crippen LogP contribution in [0.2, 0.25) is 0 Å². The number of aryl methyl sites for hydroxylation is 2. The van der Waals surface area contributed by atoms with Gasteiger partial charge in [-0.1, -0.05) is 5.16 Å². The van der Waals surface area contributed by atoms with Crippen LogP contribution in [0.15, 0.2) is 15.6 Å². The van der Waals surface area contributed by atoms with E-state index in [-0.39, 0.29) is 4.90 Å². The van der Waals surface area contributed by atoms with E-state index in [1.807, 2.05) is 0 Å². The summed E-state index contributed by atoms with van der Waals surface area (Å²) in [6.45, 7) is 4.01. The first-order valence-corrected chi connectivity index (χ1v) is 7.38. The third kappa shape index (κ3) is 1.87. The molecule has 0 aromatic carbocycles. The Morgan fingerprint density at radius 2 is 2.21 bits per heavy atom. The highest BCUT2D eigenvalue weighted by atomic mass is 32.2. The SMILES string of the molecule is Cc1noc(C)c1S(=O)(=O)N1CCc2[nH]ncc2C1. The summed E-state index contributed by atoms with van der Waals surface area (Å²) in [6, 6.07) is 0. The minimum atomic E-state index is -3.57. The van der Waals surface area contributed by atoms with Gasteiger partial charge in [-0.3, -0.25) is 5.10 Å². The van der Waals surface area contributed by atoms with Crippen LogP contribution in [0.4, 0.5) is 0 Å². The number of H-pyrrole nitrogens is 1. The van der Waals surface area contributed by atoms with Crippen molar-refractivity contribution in [3.05, 3.63) is 28.9 Å². The molecule has 7 nitrogen and oxygen atoms in total. The molecule has 1 aliphatic heterocycles. The molecule has 0 bridgehead atoms. The van der Waals surface area contributed by atoms with E-state index in [9.17, 15) is 8.42 Å². The average molecular weight is 282 g/mol. The van der Waals surface area contributed by atoms with Gasteiger partial charge in [0.25, 0.3) is 0 Å². The van der Waals surface area contributed by atoms with Crippen molar-refractivity contribution in [2.24, 2.45) is 0 Å². The topological polar surface area (TPSA) is 92.1 Å². The van der Waals surface area contributed by atoms with Gasteiger partial charge in [-0.25, -0.2) is 8.42 Å². The first-order valence-electron chi connectivity index (χ1n) is 5.94. The van der Waals surface area contributed by atoms with E-state index in [1.165, 1.54) is 4.31 Å². The molecule has 19 heavy (non-hydrogen) atoms. The van der Waals surface area contributed by atoms with E-state index in [4.69, 9.17) is 4.52 Å². The maximum absolute atomic E-state index is 12.6. The molecule has 0 spiro atoms. The molecule has 3 heterocycles. The molecule has 1 N–H and O–H groups in total. The number of aromatic amines is 1. The highest BCUT2D eigenvalue weighted by Gasteiger charge is 2.33. The number of sulfonamides is 1. The van der Waals surface area contributed by atoms with Gasteiger partial charge in [-0.15, -0.1) is 0 Å². The molecule has 0 unspecified atom stereocenters. The summed E-state index contributed by atoms with van der Waals surface area (Å²) in [5.41, 5.74) is 2.32. The minimum Gasteiger partial charge on any atom is -0.360 e. The van der Waals surface area contributed by atoms with Crippen molar-refractivity contribution in [3.8, 4) is 0 Å². The Morgan fingerprint density at radius 1 is 1.42 bits per heavy atom. The molecule has 0 saturated carbocycles. The van der Waals surface area contributed by atoms with Crippen LogP contribution in [0.5, 0.6) is 0 Å². The molecule has 1 aliphatic rings. The molecule has 0 aliphatic carbocycles. The summed E-state index contributed by atoms with van der Waals surface area (Å²) in [4.78, 5) is 0.180. The summed E-state index contributed by atoms with van der Waals surface area (Å²) in [7, 11) is -3.57. The number of rotatable bonds is 2. The molecule has 0 radical (unpaired) electrons. The summed E-state index contributed by atoms with van der Waals surface area (Å²) >= 11 is 0. The first kappa shape index (κ1) is 12.4. The molecule has 0 fully saturated rings. The highest BCUT2D eigenvalue weighted by Crippen LogP contribution is 2.27. The molecule has 3 rings (SSSR count). The standard InChI is InChI=1S/C11H14N4O3S/c1-7-11(8(2)18-14-7)19(16,17)15-4-3-10-9(6-15)5-12-13-10/h5H,3-4,6H2,1-2H3,(H,12,13). The quantitative estimate of drug-likeness (QED) is 0.878. The number of nitrogens with one attached hydrogen (secondary N) is 1. The van der Waals surface area contributed by atoms with Gasteiger partial charge in [0.05, 0.1) is 6.20 Å². The number of aromatic nitrogens is 3. The van der Waals surface area contributed by atoms with Gasteiger partial charge in [0.2, 0.25) is 10.0 Å². The van der Waals surface area contributed by atoms with Crippen LogP contribution in [0.3, 0.4) is 0 Å². The lowest BCUT2D eigenvalue weighted by Crippen LogP contribution is -2.36. The van der Waals surface area contributed by atoms with Crippen LogP contribution in [0.25, 0.3) is 0 Å². The summed E-state index contributed by atoms with van der Waals surface area (Å²) in [6.07, 6.45) is 2.31. The van der Waals surface area contributed by atoms with Gasteiger partial charge in [-0.2, -0.15) is 9.40 Å². The molecule has 2 aromatic rings. The third-order valence-corrected chi connectivity index (χ3v) is 5.42. The Kier molecular flexibility index (Phi) is 2.72. The predicted molar refractivity (Wildman–Crippen MR) is 65.9 cm³/mol. The monoisotopic (exact) mass is 282 g/mol. The highest BCUT2D eigenvalue weighted by molar-refractivity contribution is 7.89. The van der Waals surface area contributed by atoms with E-state index >= 15 is 0 Å². The molecule has 8 heteroatoms. The fraction of sp³-hybridized carbons (Fsp3) is 0.455. The summed E-state index contributed by atoms with van der Waals surface area (Å²) in [5.74, 6) is 0.329. The van der Waals surface area contributed by atoms with Crippen molar-refractivity contribution in [1.29, 1.82) is 0 Å². The van der Waals surface area contributed by atoms with Gasteiger partial charge in [0.1, 0.15) is 10.6 Å². The normalized spacial score (nSPS) is 16.5. The van der Waals surface area contributed by atoms with Gasteiger partial charge >= 0.3 is 0 Å². The molecular formula is C11H14N4O3S. The van der Waals surface area contributed by atoms with Crippen molar-refractivity contribution in [3.63, 3.8) is 0 Å². The zero-order chi connectivity index (χ0) is 13.6. The third-order valence-electron chi connectivity index (χ3n) is 3.33. The Balaban J connectivity index is 1.99. The van der Waals surface area contributed by atoms with Crippen LogP contribution in [0, 0.1) is 13.8 Å². The van der Waals surface area contributed by atoms with Crippen molar-refractivity contribution in [1.82, 2.24) is 19.7 Å². The zero-order valence-corrected chi connectivity index (χ0v) is 11.5. The van der Waals surface area contributed by atoms with Gasteiger partial charge in [0.15, 0.2) is 5.76 Å². The molecule has 0 amide bonds. The number of nitrogens with zero attached hydrogens (tertiary/aromatic N) is 3. The van der Waals surface area contributed by atoms with Crippen LogP contribution in [-0.4, -0.2) is 34.6 Å². The largest absolute Gasteiger partial charge is 0.360 e. The zero-order valence-electron chi connectivity index (χ0n) is 10.7. The lowest BCUT2D eigenvalue weighted by atomic mass is 10.1. The molecule has 102 valence electrons. The van der Waals surface area contributed by atoms with E-state index in [2.05, 4.69) is 15.4 Å². The van der Waals surface area contributed by atoms with Crippen LogP contribution < -0.4 is 0 Å². The predicted octanol–water partition coefficient (Wildman–Crippen LogP) is 0.762. The van der Waals surface area contributed by atoms with Gasteiger partial charge in [0, 0.05) is 30.8 Å². The number of fused-ring (bicyclic) bond motifs is 1. The smallest absolute Gasteiger partial charge is 0.248 e. The van der Waals surface area contributed by atoms with E-state index in [1.54, 1.807) is 20.0 Å². The summed E-state index contributed by atoms with van der Waals surface area (Å²) < 4.78 is 31.6. The molecule has 2 aromatic heterocycles. The molecule has 0 atom stereocenters. The molecule has 0 saturated heterocycles. The number of hydrogen-bond acceptors (Lipinski definition) is 5. The Morgan fingerprint density at radius 3 is 2.89 bits per heavy atom. The van der Waals surface area contributed by atoms with Gasteiger partial charge in [-0.05, 0) is 13.8 Å². The second-order valence-electron chi connectivity index (χ2n) is 4.62. The second-order valence-corrected chi connectivity index (χ2v) is 6.49. The molecular weight excluding hydrogens is 268 g/mol.